The predicted molar refractivity (Wildman–Crippen MR) is 87.1 cm³/mol. The second-order valence-corrected chi connectivity index (χ2v) is 7.88. The molecule has 1 aliphatic heterocycles. The normalized spacial score (nSPS) is 27.7. The number of rotatable bonds is 3. The van der Waals surface area contributed by atoms with Crippen LogP contribution in [0.4, 0.5) is 0 Å². The molecule has 2 heterocycles. The lowest BCUT2D eigenvalue weighted by molar-refractivity contribution is 0.0360. The van der Waals surface area contributed by atoms with Gasteiger partial charge in [0.25, 0.3) is 0 Å². The third-order valence-electron chi connectivity index (χ3n) is 4.04. The van der Waals surface area contributed by atoms with Crippen LogP contribution in [-0.4, -0.2) is 48.6 Å². The molecular weight excluding hydrogens is 346 g/mol. The number of hydrogen-bond donors (Lipinski definition) is 1. The van der Waals surface area contributed by atoms with Crippen molar-refractivity contribution in [2.45, 2.75) is 32.0 Å². The van der Waals surface area contributed by atoms with Crippen LogP contribution < -0.4 is 5.73 Å². The van der Waals surface area contributed by atoms with Crippen LogP contribution in [0.15, 0.2) is 10.5 Å². The molecule has 0 spiro atoms. The monoisotopic (exact) mass is 365 g/mol. The number of nitrogens with zero attached hydrogens (tertiary/aromatic N) is 2. The standard InChI is InChI=1S/C13H21BrClN3S/c1-8-6-18(7-9(2)17(8)3)11(5-16)12-4-10(14)13(15)19-12/h4,8-9,11H,5-7,16H2,1-3H3. The molecular formula is C13H21BrClN3S. The Morgan fingerprint density at radius 2 is 2.05 bits per heavy atom. The van der Waals surface area contributed by atoms with Crippen molar-refractivity contribution in [3.05, 3.63) is 19.8 Å². The van der Waals surface area contributed by atoms with E-state index in [1.807, 2.05) is 0 Å². The van der Waals surface area contributed by atoms with Crippen molar-refractivity contribution in [3.63, 3.8) is 0 Å². The molecule has 3 unspecified atom stereocenters. The lowest BCUT2D eigenvalue weighted by Gasteiger charge is -2.45. The van der Waals surface area contributed by atoms with Gasteiger partial charge in [-0.25, -0.2) is 0 Å². The van der Waals surface area contributed by atoms with E-state index in [9.17, 15) is 0 Å². The number of halogens is 2. The zero-order valence-corrected chi connectivity index (χ0v) is 14.7. The predicted octanol–water partition coefficient (Wildman–Crippen LogP) is 3.19. The van der Waals surface area contributed by atoms with E-state index in [0.29, 0.717) is 18.6 Å². The van der Waals surface area contributed by atoms with E-state index in [0.717, 1.165) is 21.9 Å². The molecule has 2 rings (SSSR count). The Morgan fingerprint density at radius 1 is 1.47 bits per heavy atom. The van der Waals surface area contributed by atoms with Crippen molar-refractivity contribution < 1.29 is 0 Å². The fourth-order valence-corrected chi connectivity index (χ4v) is 4.56. The average Bonchev–Trinajstić information content (AvgIpc) is 2.67. The maximum Gasteiger partial charge on any atom is 0.107 e. The molecule has 3 atom stereocenters. The van der Waals surface area contributed by atoms with Crippen molar-refractivity contribution >= 4 is 38.9 Å². The summed E-state index contributed by atoms with van der Waals surface area (Å²) < 4.78 is 1.78. The first-order valence-corrected chi connectivity index (χ1v) is 8.53. The van der Waals surface area contributed by atoms with Crippen LogP contribution in [0, 0.1) is 0 Å². The summed E-state index contributed by atoms with van der Waals surface area (Å²) in [7, 11) is 2.20. The van der Waals surface area contributed by atoms with Crippen LogP contribution in [0.5, 0.6) is 0 Å². The highest BCUT2D eigenvalue weighted by Crippen LogP contribution is 2.37. The van der Waals surface area contributed by atoms with E-state index >= 15 is 0 Å². The van der Waals surface area contributed by atoms with Crippen molar-refractivity contribution in [3.8, 4) is 0 Å². The van der Waals surface area contributed by atoms with E-state index in [1.54, 1.807) is 11.3 Å². The Hall–Kier alpha value is 0.350. The smallest absolute Gasteiger partial charge is 0.107 e. The van der Waals surface area contributed by atoms with Gasteiger partial charge in [-0.3, -0.25) is 9.80 Å². The molecule has 0 aliphatic carbocycles. The van der Waals surface area contributed by atoms with E-state index in [-0.39, 0.29) is 6.04 Å². The third-order valence-corrected chi connectivity index (χ3v) is 6.62. The molecule has 1 saturated heterocycles. The molecule has 1 aromatic rings. The summed E-state index contributed by atoms with van der Waals surface area (Å²) in [5.41, 5.74) is 6.01. The van der Waals surface area contributed by atoms with Gasteiger partial charge in [0.05, 0.1) is 6.04 Å². The van der Waals surface area contributed by atoms with Gasteiger partial charge in [0.1, 0.15) is 4.34 Å². The largest absolute Gasteiger partial charge is 0.329 e. The molecule has 6 heteroatoms. The molecule has 2 N–H and O–H groups in total. The van der Waals surface area contributed by atoms with Gasteiger partial charge < -0.3 is 5.73 Å². The highest BCUT2D eigenvalue weighted by atomic mass is 79.9. The lowest BCUT2D eigenvalue weighted by atomic mass is 10.1. The minimum absolute atomic E-state index is 0.271. The summed E-state index contributed by atoms with van der Waals surface area (Å²) in [5, 5.41) is 0. The molecule has 0 amide bonds. The summed E-state index contributed by atoms with van der Waals surface area (Å²) in [6.07, 6.45) is 0. The van der Waals surface area contributed by atoms with Gasteiger partial charge in [0.15, 0.2) is 0 Å². The molecule has 0 radical (unpaired) electrons. The van der Waals surface area contributed by atoms with Crippen molar-refractivity contribution in [1.82, 2.24) is 9.80 Å². The molecule has 0 saturated carbocycles. The number of hydrogen-bond acceptors (Lipinski definition) is 4. The van der Waals surface area contributed by atoms with Crippen LogP contribution >= 0.6 is 38.9 Å². The van der Waals surface area contributed by atoms with Gasteiger partial charge in [0.2, 0.25) is 0 Å². The summed E-state index contributed by atoms with van der Waals surface area (Å²) >= 11 is 11.3. The van der Waals surface area contributed by atoms with Gasteiger partial charge in [-0.1, -0.05) is 11.6 Å². The first-order chi connectivity index (χ1) is 8.93. The summed E-state index contributed by atoms with van der Waals surface area (Å²) in [5.74, 6) is 0. The minimum atomic E-state index is 0.271. The SMILES string of the molecule is CC1CN(C(CN)c2cc(Br)c(Cl)s2)CC(C)N1C. The second-order valence-electron chi connectivity index (χ2n) is 5.34. The molecule has 1 fully saturated rings. The van der Waals surface area contributed by atoms with Crippen LogP contribution in [0.2, 0.25) is 4.34 Å². The van der Waals surface area contributed by atoms with Gasteiger partial charge in [-0.05, 0) is 42.9 Å². The summed E-state index contributed by atoms with van der Waals surface area (Å²) in [4.78, 5) is 6.18. The number of piperazine rings is 1. The van der Waals surface area contributed by atoms with E-state index in [1.165, 1.54) is 4.88 Å². The van der Waals surface area contributed by atoms with Crippen LogP contribution in [0.1, 0.15) is 24.8 Å². The molecule has 1 aromatic heterocycles. The number of thiophene rings is 1. The molecule has 108 valence electrons. The Labute approximate surface area is 132 Å². The Bertz CT molecular complexity index is 408. The minimum Gasteiger partial charge on any atom is -0.329 e. The van der Waals surface area contributed by atoms with Crippen molar-refractivity contribution in [2.75, 3.05) is 26.7 Å². The second kappa shape index (κ2) is 6.41. The lowest BCUT2D eigenvalue weighted by Crippen LogP contribution is -2.56. The quantitative estimate of drug-likeness (QED) is 0.891. The topological polar surface area (TPSA) is 32.5 Å². The van der Waals surface area contributed by atoms with E-state index in [4.69, 9.17) is 17.3 Å². The fourth-order valence-electron chi connectivity index (χ4n) is 2.67. The van der Waals surface area contributed by atoms with Gasteiger partial charge in [0, 0.05) is 41.1 Å². The molecule has 0 bridgehead atoms. The van der Waals surface area contributed by atoms with Gasteiger partial charge in [-0.2, -0.15) is 0 Å². The average molecular weight is 367 g/mol. The van der Waals surface area contributed by atoms with Gasteiger partial charge >= 0.3 is 0 Å². The van der Waals surface area contributed by atoms with Crippen LogP contribution in [0.25, 0.3) is 0 Å². The van der Waals surface area contributed by atoms with E-state index < -0.39 is 0 Å². The number of likely N-dealkylation sites (N-methyl/N-ethyl adjacent to an activating group) is 1. The maximum absolute atomic E-state index is 6.15. The summed E-state index contributed by atoms with van der Waals surface area (Å²) in [6, 6.07) is 3.48. The Morgan fingerprint density at radius 3 is 2.47 bits per heavy atom. The van der Waals surface area contributed by atoms with Crippen molar-refractivity contribution in [2.24, 2.45) is 5.73 Å². The van der Waals surface area contributed by atoms with Crippen LogP contribution in [0.3, 0.4) is 0 Å². The van der Waals surface area contributed by atoms with Crippen molar-refractivity contribution in [1.29, 1.82) is 0 Å². The van der Waals surface area contributed by atoms with Crippen LogP contribution in [-0.2, 0) is 0 Å². The third kappa shape index (κ3) is 3.34. The zero-order chi connectivity index (χ0) is 14.2. The highest BCUT2D eigenvalue weighted by Gasteiger charge is 2.31. The Kier molecular flexibility index (Phi) is 5.31. The zero-order valence-electron chi connectivity index (χ0n) is 11.6. The summed E-state index contributed by atoms with van der Waals surface area (Å²) in [6.45, 7) is 7.28. The fraction of sp³-hybridized carbons (Fsp3) is 0.692. The first kappa shape index (κ1) is 15.7. The molecule has 0 aromatic carbocycles. The Balaban J connectivity index is 2.18. The molecule has 1 aliphatic rings. The van der Waals surface area contributed by atoms with E-state index in [2.05, 4.69) is 52.7 Å². The van der Waals surface area contributed by atoms with Gasteiger partial charge in [-0.15, -0.1) is 11.3 Å². The first-order valence-electron chi connectivity index (χ1n) is 6.54. The highest BCUT2D eigenvalue weighted by molar-refractivity contribution is 9.10. The molecule has 19 heavy (non-hydrogen) atoms. The molecule has 3 nitrogen and oxygen atoms in total. The maximum atomic E-state index is 6.15. The number of nitrogens with two attached hydrogens (primary N) is 1.